The third-order valence-electron chi connectivity index (χ3n) is 3.88. The van der Waals surface area contributed by atoms with Gasteiger partial charge in [-0.3, -0.25) is 9.98 Å². The summed E-state index contributed by atoms with van der Waals surface area (Å²) >= 11 is 0. The van der Waals surface area contributed by atoms with Crippen molar-refractivity contribution in [1.29, 1.82) is 0 Å². The average Bonchev–Trinajstić information content (AvgIpc) is 2.59. The van der Waals surface area contributed by atoms with Crippen LogP contribution in [0, 0.1) is 6.92 Å². The van der Waals surface area contributed by atoms with Gasteiger partial charge in [0.05, 0.1) is 0 Å². The second-order valence-electron chi connectivity index (χ2n) is 7.23. The van der Waals surface area contributed by atoms with E-state index in [1.807, 2.05) is 30.6 Å². The normalized spacial score (nSPS) is 11.5. The number of guanidine groups is 1. The molecular formula is C21H31IN4O. The highest BCUT2D eigenvalue weighted by Crippen LogP contribution is 2.22. The molecule has 2 N–H and O–H groups in total. The molecule has 6 heteroatoms. The molecule has 1 heterocycles. The fourth-order valence-corrected chi connectivity index (χ4v) is 2.58. The van der Waals surface area contributed by atoms with Gasteiger partial charge in [-0.1, -0.05) is 18.2 Å². The summed E-state index contributed by atoms with van der Waals surface area (Å²) in [5.74, 6) is 1.68. The molecule has 0 fully saturated rings. The number of nitrogens with zero attached hydrogens (tertiary/aromatic N) is 2. The molecule has 0 aliphatic carbocycles. The standard InChI is InChI=1S/C21H30N4O.HI/c1-16-14-23-12-10-17(16)11-13-24-20(22-5)25-15-18-8-6-7-9-19(18)26-21(2,3)4;/h6-10,12,14H,11,13,15H2,1-5H3,(H2,22,24,25);1H. The molecule has 0 saturated carbocycles. The quantitative estimate of drug-likeness (QED) is 0.370. The van der Waals surface area contributed by atoms with Crippen LogP contribution in [0.25, 0.3) is 0 Å². The number of aryl methyl sites for hydroxylation is 1. The van der Waals surface area contributed by atoms with Gasteiger partial charge < -0.3 is 15.4 Å². The van der Waals surface area contributed by atoms with E-state index < -0.39 is 0 Å². The van der Waals surface area contributed by atoms with Crippen LogP contribution < -0.4 is 15.4 Å². The van der Waals surface area contributed by atoms with E-state index in [9.17, 15) is 0 Å². The van der Waals surface area contributed by atoms with Gasteiger partial charge in [0, 0.05) is 38.1 Å². The summed E-state index contributed by atoms with van der Waals surface area (Å²) in [7, 11) is 1.78. The number of hydrogen-bond donors (Lipinski definition) is 2. The second kappa shape index (κ2) is 11.1. The van der Waals surface area contributed by atoms with Crippen molar-refractivity contribution in [2.45, 2.75) is 46.3 Å². The number of ether oxygens (including phenoxy) is 1. The highest BCUT2D eigenvalue weighted by atomic mass is 127. The third-order valence-corrected chi connectivity index (χ3v) is 3.88. The first-order chi connectivity index (χ1) is 12.4. The van der Waals surface area contributed by atoms with Crippen LogP contribution in [-0.2, 0) is 13.0 Å². The van der Waals surface area contributed by atoms with Crippen LogP contribution in [0.4, 0.5) is 0 Å². The molecule has 27 heavy (non-hydrogen) atoms. The number of halogens is 1. The fraction of sp³-hybridized carbons (Fsp3) is 0.429. The third kappa shape index (κ3) is 8.15. The molecule has 0 unspecified atom stereocenters. The van der Waals surface area contributed by atoms with E-state index in [4.69, 9.17) is 4.74 Å². The summed E-state index contributed by atoms with van der Waals surface area (Å²) in [6.45, 7) is 9.71. The smallest absolute Gasteiger partial charge is 0.191 e. The molecule has 0 saturated heterocycles. The molecule has 0 spiro atoms. The molecule has 0 radical (unpaired) electrons. The van der Waals surface area contributed by atoms with Gasteiger partial charge in [-0.15, -0.1) is 24.0 Å². The number of pyridine rings is 1. The predicted octanol–water partition coefficient (Wildman–Crippen LogP) is 4.09. The lowest BCUT2D eigenvalue weighted by atomic mass is 10.1. The first-order valence-corrected chi connectivity index (χ1v) is 9.00. The topological polar surface area (TPSA) is 58.5 Å². The second-order valence-corrected chi connectivity index (χ2v) is 7.23. The Morgan fingerprint density at radius 2 is 1.85 bits per heavy atom. The predicted molar refractivity (Wildman–Crippen MR) is 123 cm³/mol. The van der Waals surface area contributed by atoms with Crippen molar-refractivity contribution in [3.8, 4) is 5.75 Å². The Morgan fingerprint density at radius 3 is 2.52 bits per heavy atom. The van der Waals surface area contributed by atoms with Crippen LogP contribution >= 0.6 is 24.0 Å². The van der Waals surface area contributed by atoms with Gasteiger partial charge in [0.2, 0.25) is 0 Å². The molecule has 0 atom stereocenters. The van der Waals surface area contributed by atoms with Gasteiger partial charge >= 0.3 is 0 Å². The highest BCUT2D eigenvalue weighted by molar-refractivity contribution is 14.0. The Bertz CT molecular complexity index is 741. The van der Waals surface area contributed by atoms with Crippen LogP contribution in [0.5, 0.6) is 5.75 Å². The Kier molecular flexibility index (Phi) is 9.55. The molecule has 0 aliphatic rings. The zero-order chi connectivity index (χ0) is 19.0. The number of aliphatic imine (C=N–C) groups is 1. The van der Waals surface area contributed by atoms with Crippen molar-refractivity contribution in [1.82, 2.24) is 15.6 Å². The van der Waals surface area contributed by atoms with Crippen molar-refractivity contribution in [3.05, 3.63) is 59.4 Å². The van der Waals surface area contributed by atoms with E-state index in [0.717, 1.165) is 30.2 Å². The SMILES string of the molecule is CN=C(NCCc1ccncc1C)NCc1ccccc1OC(C)(C)C.I. The summed E-state index contributed by atoms with van der Waals surface area (Å²) in [5, 5.41) is 6.72. The lowest BCUT2D eigenvalue weighted by molar-refractivity contribution is 0.129. The maximum atomic E-state index is 6.04. The Morgan fingerprint density at radius 1 is 1.11 bits per heavy atom. The molecular weight excluding hydrogens is 451 g/mol. The maximum Gasteiger partial charge on any atom is 0.191 e. The molecule has 0 bridgehead atoms. The van der Waals surface area contributed by atoms with Gasteiger partial charge in [-0.05, 0) is 57.4 Å². The van der Waals surface area contributed by atoms with Crippen molar-refractivity contribution in [2.75, 3.05) is 13.6 Å². The van der Waals surface area contributed by atoms with E-state index >= 15 is 0 Å². The van der Waals surface area contributed by atoms with E-state index in [-0.39, 0.29) is 29.6 Å². The lowest BCUT2D eigenvalue weighted by Crippen LogP contribution is -2.38. The summed E-state index contributed by atoms with van der Waals surface area (Å²) < 4.78 is 6.04. The molecule has 5 nitrogen and oxygen atoms in total. The number of nitrogens with one attached hydrogen (secondary N) is 2. The monoisotopic (exact) mass is 482 g/mol. The maximum absolute atomic E-state index is 6.04. The van der Waals surface area contributed by atoms with Crippen molar-refractivity contribution in [2.24, 2.45) is 4.99 Å². The van der Waals surface area contributed by atoms with Gasteiger partial charge in [0.25, 0.3) is 0 Å². The summed E-state index contributed by atoms with van der Waals surface area (Å²) in [5.41, 5.74) is 3.39. The summed E-state index contributed by atoms with van der Waals surface area (Å²) in [6, 6.07) is 10.2. The molecule has 0 aliphatic heterocycles. The van der Waals surface area contributed by atoms with Crippen molar-refractivity contribution < 1.29 is 4.74 Å². The fourth-order valence-electron chi connectivity index (χ4n) is 2.58. The van der Waals surface area contributed by atoms with Gasteiger partial charge in [-0.2, -0.15) is 0 Å². The van der Waals surface area contributed by atoms with E-state index in [1.165, 1.54) is 11.1 Å². The molecule has 1 aromatic carbocycles. The number of aromatic nitrogens is 1. The Hall–Kier alpha value is -1.83. The van der Waals surface area contributed by atoms with Crippen LogP contribution in [0.15, 0.2) is 47.7 Å². The molecule has 148 valence electrons. The minimum absolute atomic E-state index is 0. The minimum atomic E-state index is -0.224. The summed E-state index contributed by atoms with van der Waals surface area (Å²) in [4.78, 5) is 8.43. The zero-order valence-corrected chi connectivity index (χ0v) is 19.2. The largest absolute Gasteiger partial charge is 0.488 e. The highest BCUT2D eigenvalue weighted by Gasteiger charge is 2.14. The Balaban J connectivity index is 0.00000364. The number of benzene rings is 1. The molecule has 1 aromatic heterocycles. The first-order valence-electron chi connectivity index (χ1n) is 9.00. The van der Waals surface area contributed by atoms with Crippen molar-refractivity contribution >= 4 is 29.9 Å². The Labute approximate surface area is 180 Å². The van der Waals surface area contributed by atoms with E-state index in [2.05, 4.69) is 60.4 Å². The zero-order valence-electron chi connectivity index (χ0n) is 16.9. The van der Waals surface area contributed by atoms with Gasteiger partial charge in [0.15, 0.2) is 5.96 Å². The molecule has 2 rings (SSSR count). The lowest BCUT2D eigenvalue weighted by Gasteiger charge is -2.23. The summed E-state index contributed by atoms with van der Waals surface area (Å²) in [6.07, 6.45) is 4.66. The van der Waals surface area contributed by atoms with Gasteiger partial charge in [-0.25, -0.2) is 0 Å². The molecule has 2 aromatic rings. The minimum Gasteiger partial charge on any atom is -0.488 e. The average molecular weight is 482 g/mol. The number of rotatable bonds is 6. The van der Waals surface area contributed by atoms with Gasteiger partial charge in [0.1, 0.15) is 11.4 Å². The van der Waals surface area contributed by atoms with Crippen LogP contribution in [-0.4, -0.2) is 30.1 Å². The van der Waals surface area contributed by atoms with Crippen LogP contribution in [0.2, 0.25) is 0 Å². The van der Waals surface area contributed by atoms with E-state index in [1.54, 1.807) is 7.05 Å². The van der Waals surface area contributed by atoms with Crippen LogP contribution in [0.3, 0.4) is 0 Å². The van der Waals surface area contributed by atoms with E-state index in [0.29, 0.717) is 6.54 Å². The molecule has 0 amide bonds. The first kappa shape index (κ1) is 23.2. The van der Waals surface area contributed by atoms with Crippen molar-refractivity contribution in [3.63, 3.8) is 0 Å². The number of para-hydroxylation sites is 1. The number of hydrogen-bond acceptors (Lipinski definition) is 3. The van der Waals surface area contributed by atoms with Crippen LogP contribution in [0.1, 0.15) is 37.5 Å².